The molecule has 0 aromatic heterocycles. The Morgan fingerprint density at radius 2 is 2.12 bits per heavy atom. The van der Waals surface area contributed by atoms with Crippen LogP contribution in [0.3, 0.4) is 0 Å². The Labute approximate surface area is 154 Å². The van der Waals surface area contributed by atoms with Gasteiger partial charge in [-0.1, -0.05) is 6.07 Å². The number of nitrogens with zero attached hydrogens (tertiary/aromatic N) is 2. The summed E-state index contributed by atoms with van der Waals surface area (Å²) in [6, 6.07) is 6.07. The first-order valence-electron chi connectivity index (χ1n) is 9.30. The van der Waals surface area contributed by atoms with Crippen LogP contribution in [0.15, 0.2) is 29.3 Å². The second kappa shape index (κ2) is 10.6. The van der Waals surface area contributed by atoms with Crippen molar-refractivity contribution in [3.63, 3.8) is 0 Å². The largest absolute Gasteiger partial charge is 0.489 e. The minimum atomic E-state index is -0.323. The third-order valence-corrected chi connectivity index (χ3v) is 4.07. The van der Waals surface area contributed by atoms with E-state index in [1.807, 2.05) is 18.7 Å². The first-order valence-corrected chi connectivity index (χ1v) is 9.30. The standard InChI is InChI=1S/C19H29FN4O2/c1-3-21-19(22-10-9-18(25)24-11-4-5-12-24)23-14-15(2)26-17-8-6-7-16(20)13-17/h6-8,13,15H,3-5,9-12,14H2,1-2H3,(H2,21,22,23). The average molecular weight is 364 g/mol. The molecule has 0 spiro atoms. The molecule has 2 N–H and O–H groups in total. The van der Waals surface area contributed by atoms with E-state index >= 15 is 0 Å². The molecule has 1 amide bonds. The van der Waals surface area contributed by atoms with Gasteiger partial charge in [-0.25, -0.2) is 9.38 Å². The number of benzene rings is 1. The zero-order valence-corrected chi connectivity index (χ0v) is 15.6. The fraction of sp³-hybridized carbons (Fsp3) is 0.579. The van der Waals surface area contributed by atoms with Gasteiger partial charge in [-0.15, -0.1) is 0 Å². The highest BCUT2D eigenvalue weighted by atomic mass is 19.1. The molecule has 1 saturated heterocycles. The summed E-state index contributed by atoms with van der Waals surface area (Å²) in [6.45, 7) is 7.31. The van der Waals surface area contributed by atoms with Gasteiger partial charge in [0.2, 0.25) is 5.91 Å². The molecule has 26 heavy (non-hydrogen) atoms. The van der Waals surface area contributed by atoms with Crippen LogP contribution in [-0.4, -0.2) is 55.6 Å². The van der Waals surface area contributed by atoms with Crippen LogP contribution in [0.4, 0.5) is 4.39 Å². The number of likely N-dealkylation sites (tertiary alicyclic amines) is 1. The Morgan fingerprint density at radius 1 is 1.35 bits per heavy atom. The van der Waals surface area contributed by atoms with Gasteiger partial charge in [-0.3, -0.25) is 4.79 Å². The average Bonchev–Trinajstić information content (AvgIpc) is 3.14. The maximum Gasteiger partial charge on any atom is 0.224 e. The maximum absolute atomic E-state index is 13.2. The molecule has 0 aliphatic carbocycles. The lowest BCUT2D eigenvalue weighted by atomic mass is 10.3. The van der Waals surface area contributed by atoms with Gasteiger partial charge in [0, 0.05) is 38.7 Å². The van der Waals surface area contributed by atoms with Gasteiger partial charge in [-0.05, 0) is 38.8 Å². The van der Waals surface area contributed by atoms with Gasteiger partial charge >= 0.3 is 0 Å². The van der Waals surface area contributed by atoms with Crippen LogP contribution < -0.4 is 15.4 Å². The van der Waals surface area contributed by atoms with Crippen molar-refractivity contribution in [1.29, 1.82) is 0 Å². The molecule has 1 fully saturated rings. The molecule has 0 saturated carbocycles. The molecule has 1 aliphatic rings. The Hall–Kier alpha value is -2.31. The van der Waals surface area contributed by atoms with Crippen molar-refractivity contribution >= 4 is 11.9 Å². The van der Waals surface area contributed by atoms with E-state index in [-0.39, 0.29) is 17.8 Å². The summed E-state index contributed by atoms with van der Waals surface area (Å²) in [5.41, 5.74) is 0. The van der Waals surface area contributed by atoms with Crippen LogP contribution in [0.5, 0.6) is 5.75 Å². The van der Waals surface area contributed by atoms with E-state index in [0.29, 0.717) is 31.2 Å². The lowest BCUT2D eigenvalue weighted by molar-refractivity contribution is -0.129. The second-order valence-corrected chi connectivity index (χ2v) is 6.37. The van der Waals surface area contributed by atoms with E-state index < -0.39 is 0 Å². The third-order valence-electron chi connectivity index (χ3n) is 4.07. The van der Waals surface area contributed by atoms with Gasteiger partial charge in [0.05, 0.1) is 6.54 Å². The quantitative estimate of drug-likeness (QED) is 0.548. The summed E-state index contributed by atoms with van der Waals surface area (Å²) in [6.07, 6.45) is 2.47. The summed E-state index contributed by atoms with van der Waals surface area (Å²) in [5.74, 6) is 1.00. The van der Waals surface area contributed by atoms with E-state index in [0.717, 1.165) is 32.5 Å². The van der Waals surface area contributed by atoms with Gasteiger partial charge < -0.3 is 20.3 Å². The van der Waals surface area contributed by atoms with E-state index in [4.69, 9.17) is 4.74 Å². The van der Waals surface area contributed by atoms with E-state index in [2.05, 4.69) is 15.6 Å². The number of guanidine groups is 1. The van der Waals surface area contributed by atoms with Crippen molar-refractivity contribution in [2.45, 2.75) is 39.2 Å². The van der Waals surface area contributed by atoms with Crippen LogP contribution in [0, 0.1) is 5.82 Å². The number of rotatable bonds is 8. The molecule has 7 heteroatoms. The van der Waals surface area contributed by atoms with Gasteiger partial charge in [-0.2, -0.15) is 0 Å². The molecule has 6 nitrogen and oxygen atoms in total. The molecular weight excluding hydrogens is 335 g/mol. The molecule has 0 radical (unpaired) electrons. The predicted octanol–water partition coefficient (Wildman–Crippen LogP) is 2.16. The van der Waals surface area contributed by atoms with E-state index in [1.54, 1.807) is 12.1 Å². The molecule has 144 valence electrons. The fourth-order valence-electron chi connectivity index (χ4n) is 2.78. The molecule has 1 aromatic carbocycles. The van der Waals surface area contributed by atoms with Crippen molar-refractivity contribution in [1.82, 2.24) is 15.5 Å². The van der Waals surface area contributed by atoms with Crippen LogP contribution >= 0.6 is 0 Å². The Morgan fingerprint density at radius 3 is 2.81 bits per heavy atom. The zero-order chi connectivity index (χ0) is 18.8. The highest BCUT2D eigenvalue weighted by Crippen LogP contribution is 2.13. The van der Waals surface area contributed by atoms with Crippen molar-refractivity contribution < 1.29 is 13.9 Å². The van der Waals surface area contributed by atoms with Crippen LogP contribution in [-0.2, 0) is 4.79 Å². The first kappa shape index (κ1) is 20.0. The number of hydrogen-bond donors (Lipinski definition) is 2. The third kappa shape index (κ3) is 6.90. The topological polar surface area (TPSA) is 66.0 Å². The van der Waals surface area contributed by atoms with Crippen molar-refractivity contribution in [2.75, 3.05) is 32.7 Å². The summed E-state index contributed by atoms with van der Waals surface area (Å²) >= 11 is 0. The zero-order valence-electron chi connectivity index (χ0n) is 15.6. The molecule has 1 heterocycles. The minimum absolute atomic E-state index is 0.189. The summed E-state index contributed by atoms with van der Waals surface area (Å²) in [4.78, 5) is 18.5. The number of halogens is 1. The van der Waals surface area contributed by atoms with E-state index in [1.165, 1.54) is 12.1 Å². The van der Waals surface area contributed by atoms with Crippen molar-refractivity contribution in [3.05, 3.63) is 30.1 Å². The molecule has 1 aromatic rings. The SMILES string of the molecule is CCNC(=NCC(C)Oc1cccc(F)c1)NCCC(=O)N1CCCC1. The van der Waals surface area contributed by atoms with E-state index in [9.17, 15) is 9.18 Å². The lowest BCUT2D eigenvalue weighted by Crippen LogP contribution is -2.40. The number of ether oxygens (including phenoxy) is 1. The molecule has 1 unspecified atom stereocenters. The molecule has 1 atom stereocenters. The normalized spacial score (nSPS) is 15.7. The molecular formula is C19H29FN4O2. The van der Waals surface area contributed by atoms with Crippen molar-refractivity contribution in [3.8, 4) is 5.75 Å². The first-order chi connectivity index (χ1) is 12.6. The number of nitrogens with one attached hydrogen (secondary N) is 2. The predicted molar refractivity (Wildman–Crippen MR) is 101 cm³/mol. The Kier molecular flexibility index (Phi) is 8.18. The minimum Gasteiger partial charge on any atom is -0.489 e. The Balaban J connectivity index is 1.76. The highest BCUT2D eigenvalue weighted by Gasteiger charge is 2.17. The molecule has 1 aliphatic heterocycles. The summed E-state index contributed by atoms with van der Waals surface area (Å²) in [7, 11) is 0. The summed E-state index contributed by atoms with van der Waals surface area (Å²) in [5, 5.41) is 6.33. The number of aliphatic imine (C=N–C) groups is 1. The second-order valence-electron chi connectivity index (χ2n) is 6.37. The van der Waals surface area contributed by atoms with Gasteiger partial charge in [0.15, 0.2) is 5.96 Å². The van der Waals surface area contributed by atoms with Gasteiger partial charge in [0.1, 0.15) is 17.7 Å². The highest BCUT2D eigenvalue weighted by molar-refractivity contribution is 5.81. The van der Waals surface area contributed by atoms with Crippen molar-refractivity contribution in [2.24, 2.45) is 4.99 Å². The lowest BCUT2D eigenvalue weighted by Gasteiger charge is -2.17. The number of amides is 1. The maximum atomic E-state index is 13.2. The van der Waals surface area contributed by atoms with Crippen LogP contribution in [0.2, 0.25) is 0 Å². The van der Waals surface area contributed by atoms with Crippen LogP contribution in [0.1, 0.15) is 33.1 Å². The molecule has 0 bridgehead atoms. The monoisotopic (exact) mass is 364 g/mol. The molecule has 2 rings (SSSR count). The number of carbonyl (C=O) groups excluding carboxylic acids is 1. The number of hydrogen-bond acceptors (Lipinski definition) is 3. The number of carbonyl (C=O) groups is 1. The smallest absolute Gasteiger partial charge is 0.224 e. The summed E-state index contributed by atoms with van der Waals surface area (Å²) < 4.78 is 18.9. The van der Waals surface area contributed by atoms with Gasteiger partial charge in [0.25, 0.3) is 0 Å². The van der Waals surface area contributed by atoms with Crippen LogP contribution in [0.25, 0.3) is 0 Å². The Bertz CT molecular complexity index is 603. The fourth-order valence-corrected chi connectivity index (χ4v) is 2.78.